The van der Waals surface area contributed by atoms with Crippen molar-refractivity contribution < 1.29 is 4.42 Å². The molecule has 0 aliphatic heterocycles. The number of nitrogens with zero attached hydrogens (tertiary/aromatic N) is 3. The quantitative estimate of drug-likeness (QED) is 0.163. The van der Waals surface area contributed by atoms with E-state index in [2.05, 4.69) is 210 Å². The van der Waals surface area contributed by atoms with Crippen molar-refractivity contribution in [3.63, 3.8) is 0 Å². The van der Waals surface area contributed by atoms with Crippen molar-refractivity contribution >= 4 is 88.5 Å². The Kier molecular flexibility index (Phi) is 7.78. The average Bonchev–Trinajstić information content (AvgIpc) is 3.67. The van der Waals surface area contributed by atoms with Crippen LogP contribution in [0.5, 0.6) is 0 Å². The lowest BCUT2D eigenvalue weighted by Gasteiger charge is -2.34. The van der Waals surface area contributed by atoms with E-state index in [-0.39, 0.29) is 0 Å². The standard InChI is InChI=1S/C53H35N3O/c1-3-14-36(15-4-1)41-21-13-24-44(32-41)55(45-28-26-37-16-7-9-18-39(37)33-45)48-30-31-49-50(51-53(57-49)47-25-12-11-20-42(47)35-54-51)52(48)56(43-22-5-2-6-23-43)46-29-27-38-17-8-10-19-40(38)34-46/h1-35H. The monoisotopic (exact) mass is 729 g/mol. The zero-order valence-corrected chi connectivity index (χ0v) is 31.0. The summed E-state index contributed by atoms with van der Waals surface area (Å²) in [6.07, 6.45) is 1.97. The number of hydrogen-bond acceptors (Lipinski definition) is 4. The summed E-state index contributed by atoms with van der Waals surface area (Å²) in [5.41, 5.74) is 10.7. The van der Waals surface area contributed by atoms with Crippen LogP contribution >= 0.6 is 0 Å². The Bertz CT molecular complexity index is 3260. The minimum Gasteiger partial charge on any atom is -0.454 e. The summed E-state index contributed by atoms with van der Waals surface area (Å²) in [6.45, 7) is 0. The van der Waals surface area contributed by atoms with E-state index in [1.807, 2.05) is 12.3 Å². The van der Waals surface area contributed by atoms with Gasteiger partial charge >= 0.3 is 0 Å². The Morgan fingerprint density at radius 1 is 0.386 bits per heavy atom. The Morgan fingerprint density at radius 3 is 1.67 bits per heavy atom. The smallest absolute Gasteiger partial charge is 0.161 e. The molecule has 0 atom stereocenters. The van der Waals surface area contributed by atoms with E-state index in [1.165, 1.54) is 10.8 Å². The van der Waals surface area contributed by atoms with Crippen LogP contribution in [0, 0.1) is 0 Å². The molecule has 0 fully saturated rings. The molecular formula is C53H35N3O. The molecule has 0 saturated carbocycles. The number of benzene rings is 9. The topological polar surface area (TPSA) is 32.5 Å². The minimum absolute atomic E-state index is 0.769. The van der Waals surface area contributed by atoms with Crippen LogP contribution < -0.4 is 9.80 Å². The van der Waals surface area contributed by atoms with Crippen molar-refractivity contribution in [3.05, 3.63) is 212 Å². The van der Waals surface area contributed by atoms with Gasteiger partial charge in [0.2, 0.25) is 0 Å². The fourth-order valence-corrected chi connectivity index (χ4v) is 8.31. The van der Waals surface area contributed by atoms with E-state index < -0.39 is 0 Å². The van der Waals surface area contributed by atoms with Crippen molar-refractivity contribution in [2.24, 2.45) is 0 Å². The van der Waals surface area contributed by atoms with Crippen LogP contribution in [0.4, 0.5) is 34.1 Å². The van der Waals surface area contributed by atoms with Crippen LogP contribution in [0.1, 0.15) is 0 Å². The maximum absolute atomic E-state index is 6.87. The van der Waals surface area contributed by atoms with Gasteiger partial charge in [0.05, 0.1) is 16.8 Å². The number of fused-ring (bicyclic) bond motifs is 7. The number of pyridine rings is 1. The van der Waals surface area contributed by atoms with E-state index in [0.29, 0.717) is 0 Å². The normalized spacial score (nSPS) is 11.5. The molecule has 0 saturated heterocycles. The highest BCUT2D eigenvalue weighted by atomic mass is 16.3. The highest BCUT2D eigenvalue weighted by molar-refractivity contribution is 6.20. The second-order valence-corrected chi connectivity index (χ2v) is 14.4. The fraction of sp³-hybridized carbons (Fsp3) is 0. The maximum atomic E-state index is 6.87. The molecule has 9 aromatic carbocycles. The molecule has 4 nitrogen and oxygen atoms in total. The Balaban J connectivity index is 1.28. The summed E-state index contributed by atoms with van der Waals surface area (Å²) >= 11 is 0. The van der Waals surface area contributed by atoms with Crippen LogP contribution in [-0.2, 0) is 0 Å². The molecule has 0 spiro atoms. The first-order valence-electron chi connectivity index (χ1n) is 19.3. The number of para-hydroxylation sites is 1. The van der Waals surface area contributed by atoms with E-state index in [4.69, 9.17) is 9.40 Å². The first kappa shape index (κ1) is 32.7. The van der Waals surface area contributed by atoms with Crippen molar-refractivity contribution in [3.8, 4) is 11.1 Å². The lowest BCUT2D eigenvalue weighted by molar-refractivity contribution is 0.672. The van der Waals surface area contributed by atoms with Crippen LogP contribution in [0.15, 0.2) is 217 Å². The van der Waals surface area contributed by atoms with Crippen LogP contribution in [0.3, 0.4) is 0 Å². The molecule has 0 bridgehead atoms. The molecule has 2 aromatic heterocycles. The number of furan rings is 1. The minimum atomic E-state index is 0.769. The number of aromatic nitrogens is 1. The Labute approximate surface area is 330 Å². The average molecular weight is 730 g/mol. The molecule has 0 aliphatic carbocycles. The number of rotatable bonds is 7. The fourth-order valence-electron chi connectivity index (χ4n) is 8.31. The van der Waals surface area contributed by atoms with Gasteiger partial charge in [0.15, 0.2) is 5.58 Å². The van der Waals surface area contributed by atoms with Gasteiger partial charge in [0, 0.05) is 39.7 Å². The summed E-state index contributed by atoms with van der Waals surface area (Å²) in [7, 11) is 0. The van der Waals surface area contributed by atoms with Gasteiger partial charge in [0.1, 0.15) is 11.1 Å². The zero-order chi connectivity index (χ0) is 37.7. The van der Waals surface area contributed by atoms with Gasteiger partial charge in [0.25, 0.3) is 0 Å². The summed E-state index contributed by atoms with van der Waals surface area (Å²) in [5, 5.41) is 7.71. The lowest BCUT2D eigenvalue weighted by atomic mass is 10.0. The molecule has 0 unspecified atom stereocenters. The molecule has 11 rings (SSSR count). The van der Waals surface area contributed by atoms with Crippen molar-refractivity contribution in [2.45, 2.75) is 0 Å². The second kappa shape index (κ2) is 13.6. The van der Waals surface area contributed by atoms with Gasteiger partial charge in [-0.1, -0.05) is 146 Å². The van der Waals surface area contributed by atoms with E-state index in [9.17, 15) is 0 Å². The number of hydrogen-bond donors (Lipinski definition) is 0. The van der Waals surface area contributed by atoms with Gasteiger partial charge in [-0.15, -0.1) is 0 Å². The second-order valence-electron chi connectivity index (χ2n) is 14.4. The molecule has 57 heavy (non-hydrogen) atoms. The molecule has 2 heterocycles. The van der Waals surface area contributed by atoms with E-state index in [1.54, 1.807) is 0 Å². The van der Waals surface area contributed by atoms with Gasteiger partial charge in [-0.3, -0.25) is 4.98 Å². The van der Waals surface area contributed by atoms with Crippen LogP contribution in [0.2, 0.25) is 0 Å². The highest BCUT2D eigenvalue weighted by Crippen LogP contribution is 2.52. The third-order valence-corrected chi connectivity index (χ3v) is 11.0. The Morgan fingerprint density at radius 2 is 0.947 bits per heavy atom. The molecule has 0 N–H and O–H groups in total. The summed E-state index contributed by atoms with van der Waals surface area (Å²) in [6, 6.07) is 73.3. The van der Waals surface area contributed by atoms with Crippen molar-refractivity contribution in [2.75, 3.05) is 9.80 Å². The zero-order valence-electron chi connectivity index (χ0n) is 31.0. The summed E-state index contributed by atoms with van der Waals surface area (Å²) < 4.78 is 6.87. The third kappa shape index (κ3) is 5.66. The predicted molar refractivity (Wildman–Crippen MR) is 239 cm³/mol. The van der Waals surface area contributed by atoms with Crippen molar-refractivity contribution in [1.29, 1.82) is 0 Å². The molecule has 0 amide bonds. The predicted octanol–water partition coefficient (Wildman–Crippen LogP) is 15.0. The van der Waals surface area contributed by atoms with Gasteiger partial charge < -0.3 is 14.2 Å². The number of anilines is 6. The lowest BCUT2D eigenvalue weighted by Crippen LogP contribution is -2.17. The van der Waals surface area contributed by atoms with Gasteiger partial charge in [-0.2, -0.15) is 0 Å². The maximum Gasteiger partial charge on any atom is 0.161 e. The summed E-state index contributed by atoms with van der Waals surface area (Å²) in [4.78, 5) is 9.95. The van der Waals surface area contributed by atoms with Crippen LogP contribution in [0.25, 0.3) is 65.5 Å². The first-order valence-corrected chi connectivity index (χ1v) is 19.3. The Hall–Kier alpha value is -7.69. The van der Waals surface area contributed by atoms with Gasteiger partial charge in [-0.25, -0.2) is 0 Å². The largest absolute Gasteiger partial charge is 0.454 e. The molecule has 268 valence electrons. The molecule has 4 heteroatoms. The molecular weight excluding hydrogens is 695 g/mol. The first-order chi connectivity index (χ1) is 28.3. The molecule has 0 aliphatic rings. The van der Waals surface area contributed by atoms with E-state index in [0.717, 1.165) is 88.9 Å². The molecule has 11 aromatic rings. The molecule has 0 radical (unpaired) electrons. The van der Waals surface area contributed by atoms with Crippen molar-refractivity contribution in [1.82, 2.24) is 4.98 Å². The van der Waals surface area contributed by atoms with E-state index >= 15 is 0 Å². The van der Waals surface area contributed by atoms with Gasteiger partial charge in [-0.05, 0) is 93.3 Å². The SMILES string of the molecule is c1ccc(-c2cccc(N(c3ccc4ccccc4c3)c3ccc4oc5c6ccccc6cnc5c4c3N(c3ccccc3)c3ccc4ccccc4c3)c2)cc1. The highest BCUT2D eigenvalue weighted by Gasteiger charge is 2.28. The summed E-state index contributed by atoms with van der Waals surface area (Å²) in [5.74, 6) is 0. The van der Waals surface area contributed by atoms with Crippen LogP contribution in [-0.4, -0.2) is 4.98 Å². The third-order valence-electron chi connectivity index (χ3n) is 11.0.